The van der Waals surface area contributed by atoms with Gasteiger partial charge in [-0.1, -0.05) is 32.0 Å². The lowest BCUT2D eigenvalue weighted by atomic mass is 9.79. The van der Waals surface area contributed by atoms with E-state index in [1.165, 1.54) is 0 Å². The fourth-order valence-electron chi connectivity index (χ4n) is 6.64. The summed E-state index contributed by atoms with van der Waals surface area (Å²) in [6.45, 7) is 16.2. The van der Waals surface area contributed by atoms with Crippen LogP contribution in [0.3, 0.4) is 0 Å². The summed E-state index contributed by atoms with van der Waals surface area (Å²) >= 11 is 7.17. The van der Waals surface area contributed by atoms with Crippen molar-refractivity contribution in [3.05, 3.63) is 53.1 Å². The number of piperidine rings is 1. The number of carbonyl (C=O) groups is 3. The van der Waals surface area contributed by atoms with Gasteiger partial charge in [0.15, 0.2) is 24.8 Å². The normalized spacial score (nSPS) is 18.3. The van der Waals surface area contributed by atoms with Gasteiger partial charge in [0, 0.05) is 31.4 Å². The lowest BCUT2D eigenvalue weighted by molar-refractivity contribution is -0.151. The largest absolute Gasteiger partial charge is 0.493 e. The fourth-order valence-corrected chi connectivity index (χ4v) is 9.15. The number of fused-ring (bicyclic) bond motifs is 1. The number of para-hydroxylation sites is 1. The molecule has 2 atom stereocenters. The van der Waals surface area contributed by atoms with Crippen LogP contribution >= 0.6 is 18.7 Å². The number of hydrogen-bond acceptors (Lipinski definition) is 11. The number of likely N-dealkylation sites (tertiary alicyclic amines) is 1. The van der Waals surface area contributed by atoms with Crippen molar-refractivity contribution >= 4 is 36.7 Å². The maximum atomic E-state index is 14.2. The molecule has 0 aliphatic carbocycles. The first kappa shape index (κ1) is 42.6. The van der Waals surface area contributed by atoms with Crippen LogP contribution < -0.4 is 19.5 Å². The predicted molar refractivity (Wildman–Crippen MR) is 206 cm³/mol. The standard InChI is InChI=1S/C40H58ClN2O9P/c1-38(2,3)36(45)50-24-53(47,25-51-37(46)39(4,5)6)23-26-16-18-43(19-17-26)34-35(44)52-30-15-14-27(20-29(30)22-42-34)33(41)40(7,8)21-28-12-11-13-31(48-9)32(28)49-10/h11-15,20,26,33-34,42H,16-19,21-25H2,1-10H3/t33?,34-/m1/s1. The minimum absolute atomic E-state index is 0.0289. The third kappa shape index (κ3) is 11.0. The van der Waals surface area contributed by atoms with E-state index in [1.54, 1.807) is 55.8 Å². The number of hydrogen-bond donors (Lipinski definition) is 1. The number of halogens is 1. The van der Waals surface area contributed by atoms with Gasteiger partial charge < -0.3 is 28.2 Å². The number of nitrogens with one attached hydrogen (secondary N) is 1. The number of methoxy groups -OCH3 is 2. The molecule has 294 valence electrons. The van der Waals surface area contributed by atoms with Gasteiger partial charge >= 0.3 is 17.9 Å². The smallest absolute Gasteiger partial charge is 0.343 e. The van der Waals surface area contributed by atoms with Crippen LogP contribution in [0.5, 0.6) is 17.2 Å². The van der Waals surface area contributed by atoms with Crippen molar-refractivity contribution in [2.45, 2.75) is 92.7 Å². The van der Waals surface area contributed by atoms with Crippen LogP contribution in [-0.2, 0) is 41.4 Å². The van der Waals surface area contributed by atoms with Crippen molar-refractivity contribution in [1.82, 2.24) is 10.2 Å². The van der Waals surface area contributed by atoms with Crippen LogP contribution in [0.2, 0.25) is 0 Å². The Morgan fingerprint density at radius 1 is 0.943 bits per heavy atom. The van der Waals surface area contributed by atoms with Gasteiger partial charge in [0.25, 0.3) is 0 Å². The molecule has 2 heterocycles. The topological polar surface area (TPSA) is 130 Å². The molecule has 2 aliphatic heterocycles. The van der Waals surface area contributed by atoms with Crippen molar-refractivity contribution in [1.29, 1.82) is 0 Å². The molecule has 11 nitrogen and oxygen atoms in total. The molecule has 0 bridgehead atoms. The molecule has 13 heteroatoms. The molecule has 0 amide bonds. The summed E-state index contributed by atoms with van der Waals surface area (Å²) in [4.78, 5) is 40.6. The average Bonchev–Trinajstić information content (AvgIpc) is 3.26. The Labute approximate surface area is 320 Å². The summed E-state index contributed by atoms with van der Waals surface area (Å²) in [7, 11) is 0.0165. The van der Waals surface area contributed by atoms with E-state index in [0.29, 0.717) is 56.1 Å². The molecule has 53 heavy (non-hydrogen) atoms. The number of ether oxygens (including phenoxy) is 5. The van der Waals surface area contributed by atoms with E-state index < -0.39 is 42.0 Å². The molecule has 2 aromatic rings. The summed E-state index contributed by atoms with van der Waals surface area (Å²) in [5.41, 5.74) is 0.867. The highest BCUT2D eigenvalue weighted by Gasteiger charge is 2.39. The van der Waals surface area contributed by atoms with E-state index >= 15 is 0 Å². The van der Waals surface area contributed by atoms with Crippen LogP contribution in [0.25, 0.3) is 0 Å². The molecule has 1 unspecified atom stereocenters. The number of rotatable bonds is 13. The molecule has 4 rings (SSSR count). The van der Waals surface area contributed by atoms with Gasteiger partial charge in [-0.05, 0) is 101 Å². The van der Waals surface area contributed by atoms with Crippen molar-refractivity contribution in [3.63, 3.8) is 0 Å². The zero-order valence-electron chi connectivity index (χ0n) is 33.0. The zero-order valence-corrected chi connectivity index (χ0v) is 34.7. The van der Waals surface area contributed by atoms with Crippen LogP contribution in [0, 0.1) is 22.2 Å². The van der Waals surface area contributed by atoms with E-state index in [-0.39, 0.29) is 35.6 Å². The number of carbonyl (C=O) groups excluding carboxylic acids is 3. The van der Waals surface area contributed by atoms with E-state index in [4.69, 9.17) is 35.3 Å². The second-order valence-corrected chi connectivity index (χ2v) is 20.5. The molecule has 1 saturated heterocycles. The van der Waals surface area contributed by atoms with E-state index in [0.717, 1.165) is 16.7 Å². The van der Waals surface area contributed by atoms with E-state index in [2.05, 4.69) is 19.2 Å². The molecule has 2 aromatic carbocycles. The minimum atomic E-state index is -3.23. The number of alkyl halides is 1. The Hall–Kier alpha value is -3.11. The third-order valence-electron chi connectivity index (χ3n) is 9.81. The maximum Gasteiger partial charge on any atom is 0.343 e. The summed E-state index contributed by atoms with van der Waals surface area (Å²) in [5.74, 6) is 0.576. The van der Waals surface area contributed by atoms with Gasteiger partial charge in [-0.2, -0.15) is 0 Å². The number of nitrogens with zero attached hydrogens (tertiary/aromatic N) is 1. The minimum Gasteiger partial charge on any atom is -0.493 e. The Morgan fingerprint density at radius 3 is 2.09 bits per heavy atom. The quantitative estimate of drug-likeness (QED) is 0.0928. The maximum absolute atomic E-state index is 14.2. The van der Waals surface area contributed by atoms with E-state index in [9.17, 15) is 18.9 Å². The Morgan fingerprint density at radius 2 is 1.55 bits per heavy atom. The van der Waals surface area contributed by atoms with Crippen molar-refractivity contribution < 1.29 is 42.6 Å². The van der Waals surface area contributed by atoms with Crippen molar-refractivity contribution in [2.75, 3.05) is 46.2 Å². The Kier molecular flexibility index (Phi) is 13.8. The first-order valence-electron chi connectivity index (χ1n) is 18.2. The average molecular weight is 777 g/mol. The second kappa shape index (κ2) is 17.1. The van der Waals surface area contributed by atoms with Gasteiger partial charge in [0.2, 0.25) is 0 Å². The number of esters is 3. The molecular weight excluding hydrogens is 719 g/mol. The molecule has 0 saturated carbocycles. The zero-order chi connectivity index (χ0) is 39.4. The molecule has 0 radical (unpaired) electrons. The van der Waals surface area contributed by atoms with Gasteiger partial charge in [-0.3, -0.25) is 19.8 Å². The monoisotopic (exact) mass is 776 g/mol. The van der Waals surface area contributed by atoms with E-state index in [1.807, 2.05) is 41.3 Å². The van der Waals surface area contributed by atoms with Crippen LogP contribution in [0.1, 0.15) is 90.3 Å². The SMILES string of the molecule is COc1cccc(CC(C)(C)C(Cl)c2ccc3c(c2)CN[C@H](N2CCC(CP(=O)(COC(=O)C(C)(C)C)COC(=O)C(C)(C)C)CC2)C(=O)O3)c1OC. The highest BCUT2D eigenvalue weighted by atomic mass is 35.5. The van der Waals surface area contributed by atoms with Crippen LogP contribution in [0.15, 0.2) is 36.4 Å². The van der Waals surface area contributed by atoms with Gasteiger partial charge in [-0.25, -0.2) is 4.79 Å². The van der Waals surface area contributed by atoms with Gasteiger partial charge in [0.1, 0.15) is 18.4 Å². The highest BCUT2D eigenvalue weighted by Crippen LogP contribution is 2.50. The third-order valence-corrected chi connectivity index (χ3v) is 13.0. The summed E-state index contributed by atoms with van der Waals surface area (Å²) in [5, 5.41) is 3.04. The van der Waals surface area contributed by atoms with Crippen LogP contribution in [-0.4, -0.2) is 75.1 Å². The van der Waals surface area contributed by atoms with Gasteiger partial charge in [-0.15, -0.1) is 11.6 Å². The molecule has 1 fully saturated rings. The van der Waals surface area contributed by atoms with Gasteiger partial charge in [0.05, 0.1) is 30.4 Å². The fraction of sp³-hybridized carbons (Fsp3) is 0.625. The summed E-state index contributed by atoms with van der Waals surface area (Å²) in [6.07, 6.45) is 1.00. The predicted octanol–water partition coefficient (Wildman–Crippen LogP) is 7.76. The second-order valence-electron chi connectivity index (χ2n) is 17.1. The lowest BCUT2D eigenvalue weighted by Crippen LogP contribution is -2.54. The lowest BCUT2D eigenvalue weighted by Gasteiger charge is -2.37. The first-order valence-corrected chi connectivity index (χ1v) is 20.9. The van der Waals surface area contributed by atoms with Crippen molar-refractivity contribution in [2.24, 2.45) is 22.2 Å². The highest BCUT2D eigenvalue weighted by molar-refractivity contribution is 7.63. The summed E-state index contributed by atoms with van der Waals surface area (Å²) in [6, 6.07) is 11.6. The molecular formula is C40H58ClN2O9P. The molecule has 1 N–H and O–H groups in total. The number of benzene rings is 2. The Balaban J connectivity index is 1.39. The van der Waals surface area contributed by atoms with Crippen molar-refractivity contribution in [3.8, 4) is 17.2 Å². The van der Waals surface area contributed by atoms with Crippen LogP contribution in [0.4, 0.5) is 0 Å². The molecule has 2 aliphatic rings. The molecule has 0 spiro atoms. The first-order chi connectivity index (χ1) is 24.7. The molecule has 0 aromatic heterocycles. The summed E-state index contributed by atoms with van der Waals surface area (Å²) < 4.78 is 42.2. The Bertz CT molecular complexity index is 1640.